The van der Waals surface area contributed by atoms with E-state index in [0.717, 1.165) is 26.7 Å². The third-order valence-corrected chi connectivity index (χ3v) is 7.13. The van der Waals surface area contributed by atoms with Crippen molar-refractivity contribution in [3.63, 3.8) is 0 Å². The van der Waals surface area contributed by atoms with Crippen LogP contribution >= 0.6 is 15.9 Å². The molecule has 6 nitrogen and oxygen atoms in total. The molecular weight excluding hydrogens is 520 g/mol. The SMILES string of the molecule is CCNC(=O)[C@H](Cc1ccccc1)N(Cc1cccc(OC)c1)C(=O)COc1cc(C)c(Br)c(C)c1. The van der Waals surface area contributed by atoms with Crippen molar-refractivity contribution in [3.8, 4) is 11.5 Å². The number of aryl methyl sites for hydroxylation is 2. The predicted molar refractivity (Wildman–Crippen MR) is 145 cm³/mol. The van der Waals surface area contributed by atoms with Crippen LogP contribution in [0.1, 0.15) is 29.2 Å². The lowest BCUT2D eigenvalue weighted by Gasteiger charge is -2.31. The van der Waals surface area contributed by atoms with E-state index in [1.165, 1.54) is 0 Å². The summed E-state index contributed by atoms with van der Waals surface area (Å²) >= 11 is 3.56. The van der Waals surface area contributed by atoms with Crippen LogP contribution in [0.25, 0.3) is 0 Å². The Hall–Kier alpha value is -3.32. The van der Waals surface area contributed by atoms with Gasteiger partial charge in [-0.05, 0) is 67.3 Å². The van der Waals surface area contributed by atoms with Crippen molar-refractivity contribution in [3.05, 3.63) is 93.5 Å². The number of likely N-dealkylation sites (N-methyl/N-ethyl adjacent to an activating group) is 1. The highest BCUT2D eigenvalue weighted by atomic mass is 79.9. The van der Waals surface area contributed by atoms with E-state index in [2.05, 4.69) is 21.2 Å². The molecule has 0 radical (unpaired) electrons. The van der Waals surface area contributed by atoms with Crippen LogP contribution in [0.4, 0.5) is 0 Å². The Morgan fingerprint density at radius 2 is 1.61 bits per heavy atom. The van der Waals surface area contributed by atoms with E-state index in [0.29, 0.717) is 24.5 Å². The van der Waals surface area contributed by atoms with E-state index in [1.807, 2.05) is 87.5 Å². The molecule has 0 bridgehead atoms. The molecule has 3 aromatic rings. The second-order valence-corrected chi connectivity index (χ2v) is 9.43. The lowest BCUT2D eigenvalue weighted by molar-refractivity contribution is -0.142. The molecule has 0 heterocycles. The predicted octanol–water partition coefficient (Wildman–Crippen LogP) is 5.23. The largest absolute Gasteiger partial charge is 0.497 e. The van der Waals surface area contributed by atoms with E-state index in [4.69, 9.17) is 9.47 Å². The number of rotatable bonds is 11. The Morgan fingerprint density at radius 1 is 0.944 bits per heavy atom. The Labute approximate surface area is 221 Å². The fourth-order valence-corrected chi connectivity index (χ4v) is 4.26. The summed E-state index contributed by atoms with van der Waals surface area (Å²) in [5.74, 6) is 0.825. The quantitative estimate of drug-likeness (QED) is 0.353. The van der Waals surface area contributed by atoms with Crippen molar-refractivity contribution in [2.24, 2.45) is 0 Å². The Kier molecular flexibility index (Phi) is 9.94. The maximum absolute atomic E-state index is 13.6. The van der Waals surface area contributed by atoms with Gasteiger partial charge in [0.15, 0.2) is 6.61 Å². The number of nitrogens with zero attached hydrogens (tertiary/aromatic N) is 1. The summed E-state index contributed by atoms with van der Waals surface area (Å²) in [4.78, 5) is 28.5. The number of benzene rings is 3. The number of halogens is 1. The molecule has 0 aromatic heterocycles. The van der Waals surface area contributed by atoms with Crippen molar-refractivity contribution in [2.45, 2.75) is 39.8 Å². The van der Waals surface area contributed by atoms with Gasteiger partial charge in [-0.1, -0.05) is 58.4 Å². The van der Waals surface area contributed by atoms with Crippen molar-refractivity contribution >= 4 is 27.7 Å². The summed E-state index contributed by atoms with van der Waals surface area (Å²) in [6, 6.07) is 20.3. The van der Waals surface area contributed by atoms with Gasteiger partial charge in [-0.25, -0.2) is 0 Å². The Bertz CT molecular complexity index is 1160. The highest BCUT2D eigenvalue weighted by molar-refractivity contribution is 9.10. The van der Waals surface area contributed by atoms with E-state index >= 15 is 0 Å². The van der Waals surface area contributed by atoms with Crippen LogP contribution in [-0.2, 0) is 22.6 Å². The lowest BCUT2D eigenvalue weighted by atomic mass is 10.0. The van der Waals surface area contributed by atoms with E-state index < -0.39 is 6.04 Å². The Morgan fingerprint density at radius 3 is 2.25 bits per heavy atom. The highest BCUT2D eigenvalue weighted by Crippen LogP contribution is 2.26. The fraction of sp³-hybridized carbons (Fsp3) is 0.310. The molecule has 1 atom stereocenters. The van der Waals surface area contributed by atoms with Gasteiger partial charge in [0.2, 0.25) is 5.91 Å². The van der Waals surface area contributed by atoms with Crippen molar-refractivity contribution in [1.82, 2.24) is 10.2 Å². The smallest absolute Gasteiger partial charge is 0.261 e. The average molecular weight is 553 g/mol. The van der Waals surface area contributed by atoms with Gasteiger partial charge in [-0.3, -0.25) is 9.59 Å². The first-order chi connectivity index (χ1) is 17.3. The van der Waals surface area contributed by atoms with Gasteiger partial charge in [0.25, 0.3) is 5.91 Å². The minimum Gasteiger partial charge on any atom is -0.497 e. The van der Waals surface area contributed by atoms with Crippen LogP contribution in [-0.4, -0.2) is 43.0 Å². The van der Waals surface area contributed by atoms with Gasteiger partial charge in [0, 0.05) is 24.0 Å². The van der Waals surface area contributed by atoms with Gasteiger partial charge >= 0.3 is 0 Å². The first-order valence-electron chi connectivity index (χ1n) is 12.0. The van der Waals surface area contributed by atoms with Crippen LogP contribution in [0.3, 0.4) is 0 Å². The third-order valence-electron chi connectivity index (χ3n) is 5.88. The maximum atomic E-state index is 13.6. The highest BCUT2D eigenvalue weighted by Gasteiger charge is 2.30. The third kappa shape index (κ3) is 7.34. The molecule has 0 fully saturated rings. The molecule has 2 amide bonds. The normalized spacial score (nSPS) is 11.5. The van der Waals surface area contributed by atoms with Gasteiger partial charge in [-0.2, -0.15) is 0 Å². The number of carbonyl (C=O) groups excluding carboxylic acids is 2. The molecule has 1 N–H and O–H groups in total. The summed E-state index contributed by atoms with van der Waals surface area (Å²) in [6.07, 6.45) is 0.388. The molecule has 190 valence electrons. The summed E-state index contributed by atoms with van der Waals surface area (Å²) < 4.78 is 12.3. The number of methoxy groups -OCH3 is 1. The summed E-state index contributed by atoms with van der Waals surface area (Å²) in [7, 11) is 1.60. The molecule has 0 unspecified atom stereocenters. The average Bonchev–Trinajstić information content (AvgIpc) is 2.88. The van der Waals surface area contributed by atoms with Crippen LogP contribution in [0, 0.1) is 13.8 Å². The minimum atomic E-state index is -0.706. The van der Waals surface area contributed by atoms with Gasteiger partial charge in [0.05, 0.1) is 7.11 Å². The minimum absolute atomic E-state index is 0.185. The van der Waals surface area contributed by atoms with Crippen LogP contribution in [0.2, 0.25) is 0 Å². The molecule has 36 heavy (non-hydrogen) atoms. The topological polar surface area (TPSA) is 67.9 Å². The molecule has 7 heteroatoms. The molecule has 0 aliphatic carbocycles. The molecule has 0 spiro atoms. The maximum Gasteiger partial charge on any atom is 0.261 e. The molecule has 3 aromatic carbocycles. The first kappa shape index (κ1) is 27.3. The number of carbonyl (C=O) groups is 2. The first-order valence-corrected chi connectivity index (χ1v) is 12.7. The number of ether oxygens (including phenoxy) is 2. The summed E-state index contributed by atoms with van der Waals surface area (Å²) in [5.41, 5.74) is 3.88. The molecular formula is C29H33BrN2O4. The number of nitrogens with one attached hydrogen (secondary N) is 1. The van der Waals surface area contributed by atoms with E-state index in [9.17, 15) is 9.59 Å². The van der Waals surface area contributed by atoms with Gasteiger partial charge < -0.3 is 19.7 Å². The van der Waals surface area contributed by atoms with Crippen molar-refractivity contribution < 1.29 is 19.1 Å². The van der Waals surface area contributed by atoms with Gasteiger partial charge in [0.1, 0.15) is 17.5 Å². The number of hydrogen-bond donors (Lipinski definition) is 1. The number of amides is 2. The van der Waals surface area contributed by atoms with Crippen LogP contribution < -0.4 is 14.8 Å². The van der Waals surface area contributed by atoms with Crippen molar-refractivity contribution in [2.75, 3.05) is 20.3 Å². The molecule has 0 aliphatic heterocycles. The van der Waals surface area contributed by atoms with Gasteiger partial charge in [-0.15, -0.1) is 0 Å². The standard InChI is InChI=1S/C29H33BrN2O4/c1-5-31-29(34)26(17-22-10-7-6-8-11-22)32(18-23-12-9-13-24(16-23)35-4)27(33)19-36-25-14-20(2)28(30)21(3)15-25/h6-16,26H,5,17-19H2,1-4H3,(H,31,34)/t26-/m0/s1. The second kappa shape index (κ2) is 13.1. The molecule has 3 rings (SSSR count). The Balaban J connectivity index is 1.91. The zero-order chi connectivity index (χ0) is 26.1. The fourth-order valence-electron chi connectivity index (χ4n) is 4.03. The number of hydrogen-bond acceptors (Lipinski definition) is 4. The summed E-state index contributed by atoms with van der Waals surface area (Å²) in [6.45, 7) is 6.35. The van der Waals surface area contributed by atoms with Crippen molar-refractivity contribution in [1.29, 1.82) is 0 Å². The zero-order valence-electron chi connectivity index (χ0n) is 21.2. The monoisotopic (exact) mass is 552 g/mol. The van der Waals surface area contributed by atoms with E-state index in [1.54, 1.807) is 12.0 Å². The lowest BCUT2D eigenvalue weighted by Crippen LogP contribution is -2.51. The summed E-state index contributed by atoms with van der Waals surface area (Å²) in [5, 5.41) is 2.90. The second-order valence-electron chi connectivity index (χ2n) is 8.63. The van der Waals surface area contributed by atoms with Crippen LogP contribution in [0.5, 0.6) is 11.5 Å². The van der Waals surface area contributed by atoms with E-state index in [-0.39, 0.29) is 25.0 Å². The molecule has 0 saturated carbocycles. The molecule has 0 saturated heterocycles. The zero-order valence-corrected chi connectivity index (χ0v) is 22.8. The van der Waals surface area contributed by atoms with Crippen LogP contribution in [0.15, 0.2) is 71.2 Å². The molecule has 0 aliphatic rings.